The van der Waals surface area contributed by atoms with E-state index in [2.05, 4.69) is 34.1 Å². The summed E-state index contributed by atoms with van der Waals surface area (Å²) in [5.74, 6) is 1.52. The first-order valence-electron chi connectivity index (χ1n) is 9.68. The number of benzene rings is 2. The van der Waals surface area contributed by atoms with E-state index < -0.39 is 6.10 Å². The van der Waals surface area contributed by atoms with Crippen LogP contribution in [-0.2, 0) is 11.3 Å². The van der Waals surface area contributed by atoms with E-state index >= 15 is 0 Å². The molecule has 1 aliphatic rings. The summed E-state index contributed by atoms with van der Waals surface area (Å²) < 4.78 is 16.3. The first kappa shape index (κ1) is 20.5. The van der Waals surface area contributed by atoms with Gasteiger partial charge < -0.3 is 24.2 Å². The molecule has 2 aromatic carbocycles. The number of aliphatic hydroxyl groups is 1. The average molecular weight is 386 g/mol. The van der Waals surface area contributed by atoms with Crippen LogP contribution in [0.5, 0.6) is 11.5 Å². The molecular weight excluding hydrogens is 356 g/mol. The summed E-state index contributed by atoms with van der Waals surface area (Å²) >= 11 is 0. The number of hydrogen-bond acceptors (Lipinski definition) is 6. The van der Waals surface area contributed by atoms with Crippen molar-refractivity contribution in [3.8, 4) is 11.5 Å². The lowest BCUT2D eigenvalue weighted by Crippen LogP contribution is -2.49. The van der Waals surface area contributed by atoms with Crippen molar-refractivity contribution in [3.05, 3.63) is 54.1 Å². The fourth-order valence-corrected chi connectivity index (χ4v) is 3.48. The molecule has 1 heterocycles. The van der Waals surface area contributed by atoms with Crippen LogP contribution in [0.4, 0.5) is 5.69 Å². The van der Waals surface area contributed by atoms with Gasteiger partial charge in [-0.05, 0) is 30.3 Å². The van der Waals surface area contributed by atoms with E-state index in [4.69, 9.17) is 14.2 Å². The van der Waals surface area contributed by atoms with Gasteiger partial charge in [0, 0.05) is 44.0 Å². The highest BCUT2D eigenvalue weighted by atomic mass is 16.5. The van der Waals surface area contributed by atoms with E-state index in [9.17, 15) is 5.11 Å². The Balaban J connectivity index is 1.40. The van der Waals surface area contributed by atoms with Crippen LogP contribution in [0, 0.1) is 0 Å². The number of ether oxygens (including phenoxy) is 3. The van der Waals surface area contributed by atoms with Crippen LogP contribution >= 0.6 is 0 Å². The minimum atomic E-state index is -0.514. The zero-order chi connectivity index (χ0) is 19.8. The van der Waals surface area contributed by atoms with Gasteiger partial charge in [0.2, 0.25) is 0 Å². The number of rotatable bonds is 9. The minimum Gasteiger partial charge on any atom is -0.497 e. The smallest absolute Gasteiger partial charge is 0.124 e. The zero-order valence-electron chi connectivity index (χ0n) is 16.7. The Labute approximate surface area is 167 Å². The van der Waals surface area contributed by atoms with E-state index in [0.29, 0.717) is 19.8 Å². The second-order valence-corrected chi connectivity index (χ2v) is 6.97. The maximum absolute atomic E-state index is 10.4. The molecule has 0 amide bonds. The molecule has 2 aromatic rings. The van der Waals surface area contributed by atoms with Crippen LogP contribution < -0.4 is 14.4 Å². The lowest BCUT2D eigenvalue weighted by Gasteiger charge is -2.36. The third kappa shape index (κ3) is 5.61. The van der Waals surface area contributed by atoms with Crippen molar-refractivity contribution >= 4 is 5.69 Å². The minimum absolute atomic E-state index is 0.291. The normalized spacial score (nSPS) is 16.0. The van der Waals surface area contributed by atoms with E-state index in [1.807, 2.05) is 24.3 Å². The summed E-state index contributed by atoms with van der Waals surface area (Å²) in [7, 11) is 3.27. The Morgan fingerprint density at radius 1 is 0.964 bits per heavy atom. The second-order valence-electron chi connectivity index (χ2n) is 6.97. The summed E-state index contributed by atoms with van der Waals surface area (Å²) in [4.78, 5) is 4.67. The lowest BCUT2D eigenvalue weighted by molar-refractivity contribution is 0.00862. The molecule has 0 saturated carbocycles. The number of methoxy groups -OCH3 is 2. The number of para-hydroxylation sites is 1. The van der Waals surface area contributed by atoms with Gasteiger partial charge in [-0.15, -0.1) is 0 Å². The van der Waals surface area contributed by atoms with Crippen molar-refractivity contribution in [1.29, 1.82) is 0 Å². The Kier molecular flexibility index (Phi) is 7.54. The number of piperazine rings is 1. The van der Waals surface area contributed by atoms with Crippen LogP contribution in [0.2, 0.25) is 0 Å². The van der Waals surface area contributed by atoms with Gasteiger partial charge in [-0.25, -0.2) is 0 Å². The molecule has 1 atom stereocenters. The van der Waals surface area contributed by atoms with Crippen LogP contribution in [0.3, 0.4) is 0 Å². The molecular formula is C22H30N2O4. The molecule has 0 spiro atoms. The van der Waals surface area contributed by atoms with Crippen molar-refractivity contribution in [3.63, 3.8) is 0 Å². The van der Waals surface area contributed by atoms with Gasteiger partial charge in [0.25, 0.3) is 0 Å². The number of β-amino-alcohol motifs (C(OH)–C–C–N with tert-alkyl or cyclic N) is 1. The Morgan fingerprint density at radius 3 is 2.39 bits per heavy atom. The molecule has 1 saturated heterocycles. The summed E-state index contributed by atoms with van der Waals surface area (Å²) in [6.45, 7) is 5.11. The molecule has 0 aliphatic carbocycles. The van der Waals surface area contributed by atoms with E-state index in [-0.39, 0.29) is 0 Å². The lowest BCUT2D eigenvalue weighted by atomic mass is 10.2. The van der Waals surface area contributed by atoms with Gasteiger partial charge in [-0.2, -0.15) is 0 Å². The zero-order valence-corrected chi connectivity index (χ0v) is 16.7. The second kappa shape index (κ2) is 10.3. The van der Waals surface area contributed by atoms with Gasteiger partial charge in [-0.3, -0.25) is 4.90 Å². The van der Waals surface area contributed by atoms with Crippen molar-refractivity contribution in [2.75, 3.05) is 58.5 Å². The molecule has 152 valence electrons. The largest absolute Gasteiger partial charge is 0.497 e. The van der Waals surface area contributed by atoms with Crippen molar-refractivity contribution < 1.29 is 19.3 Å². The maximum atomic E-state index is 10.4. The van der Waals surface area contributed by atoms with E-state index in [1.54, 1.807) is 14.2 Å². The number of hydrogen-bond donors (Lipinski definition) is 1. The number of aliphatic hydroxyl groups excluding tert-OH is 1. The van der Waals surface area contributed by atoms with Crippen LogP contribution in [0.1, 0.15) is 5.56 Å². The summed E-state index contributed by atoms with van der Waals surface area (Å²) in [6.07, 6.45) is -0.514. The fourth-order valence-electron chi connectivity index (χ4n) is 3.48. The Bertz CT molecular complexity index is 718. The summed E-state index contributed by atoms with van der Waals surface area (Å²) in [5.41, 5.74) is 2.17. The number of nitrogens with zero attached hydrogens (tertiary/aromatic N) is 2. The molecule has 0 unspecified atom stereocenters. The maximum Gasteiger partial charge on any atom is 0.124 e. The molecule has 0 radical (unpaired) electrons. The first-order valence-corrected chi connectivity index (χ1v) is 9.68. The standard InChI is InChI=1S/C22H30N2O4/c1-26-21-8-9-22(27-2)18(14-21)16-28-17-20(25)15-23-10-12-24(13-11-23)19-6-4-3-5-7-19/h3-9,14,20,25H,10-13,15-17H2,1-2H3/t20-/m1/s1. The van der Waals surface area contributed by atoms with Crippen molar-refractivity contribution in [1.82, 2.24) is 4.90 Å². The predicted octanol–water partition coefficient (Wildman–Crippen LogP) is 2.40. The monoisotopic (exact) mass is 386 g/mol. The highest BCUT2D eigenvalue weighted by Crippen LogP contribution is 2.24. The van der Waals surface area contributed by atoms with Crippen LogP contribution in [0.15, 0.2) is 48.5 Å². The molecule has 6 heteroatoms. The molecule has 6 nitrogen and oxygen atoms in total. The fraction of sp³-hybridized carbons (Fsp3) is 0.455. The van der Waals surface area contributed by atoms with Gasteiger partial charge in [0.15, 0.2) is 0 Å². The van der Waals surface area contributed by atoms with Gasteiger partial charge >= 0.3 is 0 Å². The molecule has 1 aliphatic heterocycles. The third-order valence-corrected chi connectivity index (χ3v) is 5.02. The summed E-state index contributed by atoms with van der Waals surface area (Å²) in [6, 6.07) is 16.1. The molecule has 0 bridgehead atoms. The van der Waals surface area contributed by atoms with Gasteiger partial charge in [-0.1, -0.05) is 18.2 Å². The highest BCUT2D eigenvalue weighted by Gasteiger charge is 2.19. The highest BCUT2D eigenvalue weighted by molar-refractivity contribution is 5.46. The first-order chi connectivity index (χ1) is 13.7. The molecule has 28 heavy (non-hydrogen) atoms. The predicted molar refractivity (Wildman–Crippen MR) is 110 cm³/mol. The van der Waals surface area contributed by atoms with Crippen LogP contribution in [0.25, 0.3) is 0 Å². The van der Waals surface area contributed by atoms with Crippen molar-refractivity contribution in [2.24, 2.45) is 0 Å². The molecule has 0 aromatic heterocycles. The van der Waals surface area contributed by atoms with Crippen LogP contribution in [-0.4, -0.2) is 69.7 Å². The molecule has 3 rings (SSSR count). The Morgan fingerprint density at radius 2 is 1.71 bits per heavy atom. The topological polar surface area (TPSA) is 54.4 Å². The number of anilines is 1. The molecule has 1 fully saturated rings. The van der Waals surface area contributed by atoms with Gasteiger partial charge in [0.1, 0.15) is 11.5 Å². The third-order valence-electron chi connectivity index (χ3n) is 5.02. The average Bonchev–Trinajstić information content (AvgIpc) is 2.74. The Hall–Kier alpha value is -2.28. The summed E-state index contributed by atoms with van der Waals surface area (Å²) in [5, 5.41) is 10.4. The van der Waals surface area contributed by atoms with E-state index in [0.717, 1.165) is 43.2 Å². The van der Waals surface area contributed by atoms with Gasteiger partial charge in [0.05, 0.1) is 33.5 Å². The molecule has 1 N–H and O–H groups in total. The SMILES string of the molecule is COc1ccc(OC)c(COC[C@H](O)CN2CCN(c3ccccc3)CC2)c1. The van der Waals surface area contributed by atoms with Crippen molar-refractivity contribution in [2.45, 2.75) is 12.7 Å². The van der Waals surface area contributed by atoms with E-state index in [1.165, 1.54) is 5.69 Å². The quantitative estimate of drug-likeness (QED) is 0.714.